The van der Waals surface area contributed by atoms with Crippen LogP contribution in [0.1, 0.15) is 11.5 Å². The molecule has 0 saturated heterocycles. The number of aromatic nitrogens is 2. The molecule has 0 aliphatic carbocycles. The highest BCUT2D eigenvalue weighted by molar-refractivity contribution is 5.64. The zero-order valence-electron chi connectivity index (χ0n) is 11.0. The number of hydrogen-bond acceptors (Lipinski definition) is 5. The van der Waals surface area contributed by atoms with E-state index < -0.39 is 0 Å². The minimum atomic E-state index is 0.345. The van der Waals surface area contributed by atoms with Gasteiger partial charge in [0.05, 0.1) is 19.9 Å². The molecule has 0 amide bonds. The summed E-state index contributed by atoms with van der Waals surface area (Å²) in [5.74, 6) is 1.83. The van der Waals surface area contributed by atoms with E-state index in [0.29, 0.717) is 28.7 Å². The standard InChI is InChI=1S/C14H13N3O2/c1-9-16-11(8-15)7-12(17-9)10-4-5-13(18-2)14(6-10)19-3/h4-7H,1-3H3. The molecule has 0 aliphatic heterocycles. The highest BCUT2D eigenvalue weighted by atomic mass is 16.5. The summed E-state index contributed by atoms with van der Waals surface area (Å²) in [5, 5.41) is 8.93. The Hall–Kier alpha value is -2.61. The summed E-state index contributed by atoms with van der Waals surface area (Å²) >= 11 is 0. The second-order valence-electron chi connectivity index (χ2n) is 3.87. The van der Waals surface area contributed by atoms with E-state index in [9.17, 15) is 0 Å². The van der Waals surface area contributed by atoms with Crippen molar-refractivity contribution in [3.8, 4) is 28.8 Å². The average Bonchev–Trinajstić information content (AvgIpc) is 2.45. The predicted octanol–water partition coefficient (Wildman–Crippen LogP) is 2.34. The van der Waals surface area contributed by atoms with E-state index in [2.05, 4.69) is 9.97 Å². The number of benzene rings is 1. The number of hydrogen-bond donors (Lipinski definition) is 0. The first-order chi connectivity index (χ1) is 9.17. The second-order valence-corrected chi connectivity index (χ2v) is 3.87. The van der Waals surface area contributed by atoms with E-state index in [-0.39, 0.29) is 0 Å². The van der Waals surface area contributed by atoms with E-state index in [4.69, 9.17) is 14.7 Å². The van der Waals surface area contributed by atoms with Gasteiger partial charge in [0.2, 0.25) is 0 Å². The maximum atomic E-state index is 8.93. The molecule has 0 aliphatic rings. The van der Waals surface area contributed by atoms with Crippen molar-refractivity contribution in [3.63, 3.8) is 0 Å². The van der Waals surface area contributed by atoms with E-state index in [1.54, 1.807) is 33.3 Å². The summed E-state index contributed by atoms with van der Waals surface area (Å²) in [4.78, 5) is 8.35. The van der Waals surface area contributed by atoms with Crippen molar-refractivity contribution in [2.24, 2.45) is 0 Å². The van der Waals surface area contributed by atoms with Gasteiger partial charge in [-0.1, -0.05) is 0 Å². The molecular weight excluding hydrogens is 242 g/mol. The first-order valence-corrected chi connectivity index (χ1v) is 5.66. The Balaban J connectivity index is 2.53. The van der Waals surface area contributed by atoms with Gasteiger partial charge in [0.25, 0.3) is 0 Å². The maximum absolute atomic E-state index is 8.93. The van der Waals surface area contributed by atoms with Gasteiger partial charge in [-0.15, -0.1) is 0 Å². The van der Waals surface area contributed by atoms with Crippen molar-refractivity contribution in [2.45, 2.75) is 6.92 Å². The van der Waals surface area contributed by atoms with E-state index in [1.165, 1.54) is 0 Å². The number of ether oxygens (including phenoxy) is 2. The Labute approximate surface area is 111 Å². The van der Waals surface area contributed by atoms with E-state index in [1.807, 2.05) is 18.2 Å². The quantitative estimate of drug-likeness (QED) is 0.842. The minimum absolute atomic E-state index is 0.345. The Kier molecular flexibility index (Phi) is 3.62. The van der Waals surface area contributed by atoms with Crippen molar-refractivity contribution < 1.29 is 9.47 Å². The SMILES string of the molecule is COc1ccc(-c2cc(C#N)nc(C)n2)cc1OC. The number of aryl methyl sites for hydroxylation is 1. The van der Waals surface area contributed by atoms with Crippen LogP contribution in [0.5, 0.6) is 11.5 Å². The minimum Gasteiger partial charge on any atom is -0.493 e. The molecule has 0 saturated carbocycles. The summed E-state index contributed by atoms with van der Waals surface area (Å²) in [6.07, 6.45) is 0. The summed E-state index contributed by atoms with van der Waals surface area (Å²) in [6.45, 7) is 1.76. The molecule has 1 aromatic carbocycles. The Morgan fingerprint density at radius 1 is 1.05 bits per heavy atom. The van der Waals surface area contributed by atoms with Gasteiger partial charge in [0, 0.05) is 11.6 Å². The van der Waals surface area contributed by atoms with Crippen LogP contribution in [0.25, 0.3) is 11.3 Å². The maximum Gasteiger partial charge on any atom is 0.161 e. The molecule has 0 fully saturated rings. The molecule has 5 heteroatoms. The second kappa shape index (κ2) is 5.36. The molecule has 0 N–H and O–H groups in total. The fourth-order valence-corrected chi connectivity index (χ4v) is 1.77. The van der Waals surface area contributed by atoms with Gasteiger partial charge in [0.1, 0.15) is 17.6 Å². The third-order valence-electron chi connectivity index (χ3n) is 2.63. The van der Waals surface area contributed by atoms with Gasteiger partial charge in [0.15, 0.2) is 11.5 Å². The topological polar surface area (TPSA) is 68.0 Å². The predicted molar refractivity (Wildman–Crippen MR) is 70.0 cm³/mol. The summed E-state index contributed by atoms with van der Waals surface area (Å²) in [7, 11) is 3.16. The largest absolute Gasteiger partial charge is 0.493 e. The zero-order valence-corrected chi connectivity index (χ0v) is 11.0. The first kappa shape index (κ1) is 12.8. The molecule has 19 heavy (non-hydrogen) atoms. The molecule has 5 nitrogen and oxygen atoms in total. The highest BCUT2D eigenvalue weighted by Crippen LogP contribution is 2.31. The van der Waals surface area contributed by atoms with Crippen molar-refractivity contribution in [1.82, 2.24) is 9.97 Å². The molecule has 0 bridgehead atoms. The van der Waals surface area contributed by atoms with Crippen LogP contribution in [-0.4, -0.2) is 24.2 Å². The van der Waals surface area contributed by atoms with Crippen LogP contribution in [0.15, 0.2) is 24.3 Å². The van der Waals surface area contributed by atoms with Crippen molar-refractivity contribution >= 4 is 0 Å². The van der Waals surface area contributed by atoms with Gasteiger partial charge < -0.3 is 9.47 Å². The van der Waals surface area contributed by atoms with E-state index >= 15 is 0 Å². The van der Waals surface area contributed by atoms with Crippen LogP contribution < -0.4 is 9.47 Å². The Morgan fingerprint density at radius 3 is 2.42 bits per heavy atom. The van der Waals surface area contributed by atoms with Crippen molar-refractivity contribution in [2.75, 3.05) is 14.2 Å². The molecule has 0 atom stereocenters. The molecule has 2 rings (SSSR count). The van der Waals surface area contributed by atoms with Crippen LogP contribution in [0.2, 0.25) is 0 Å². The molecular formula is C14H13N3O2. The van der Waals surface area contributed by atoms with Gasteiger partial charge in [-0.05, 0) is 25.1 Å². The third kappa shape index (κ3) is 2.63. The number of rotatable bonds is 3. The first-order valence-electron chi connectivity index (χ1n) is 5.66. The molecule has 1 aromatic heterocycles. The average molecular weight is 255 g/mol. The fourth-order valence-electron chi connectivity index (χ4n) is 1.77. The summed E-state index contributed by atoms with van der Waals surface area (Å²) in [6, 6.07) is 9.16. The lowest BCUT2D eigenvalue weighted by atomic mass is 10.1. The van der Waals surface area contributed by atoms with Crippen LogP contribution in [-0.2, 0) is 0 Å². The zero-order chi connectivity index (χ0) is 13.8. The summed E-state index contributed by atoms with van der Waals surface area (Å²) in [5.41, 5.74) is 1.88. The van der Waals surface area contributed by atoms with Crippen LogP contribution in [0, 0.1) is 18.3 Å². The molecule has 0 radical (unpaired) electrons. The molecule has 96 valence electrons. The van der Waals surface area contributed by atoms with E-state index in [0.717, 1.165) is 5.56 Å². The monoisotopic (exact) mass is 255 g/mol. The van der Waals surface area contributed by atoms with Crippen LogP contribution >= 0.6 is 0 Å². The van der Waals surface area contributed by atoms with Gasteiger partial charge in [-0.2, -0.15) is 5.26 Å². The normalized spacial score (nSPS) is 9.79. The van der Waals surface area contributed by atoms with Crippen molar-refractivity contribution in [1.29, 1.82) is 5.26 Å². The lowest BCUT2D eigenvalue weighted by Gasteiger charge is -2.09. The molecule has 0 unspecified atom stereocenters. The molecule has 2 aromatic rings. The van der Waals surface area contributed by atoms with Gasteiger partial charge in [-0.3, -0.25) is 0 Å². The van der Waals surface area contributed by atoms with Crippen LogP contribution in [0.3, 0.4) is 0 Å². The van der Waals surface area contributed by atoms with Gasteiger partial charge >= 0.3 is 0 Å². The molecule has 0 spiro atoms. The van der Waals surface area contributed by atoms with Gasteiger partial charge in [-0.25, -0.2) is 9.97 Å². The fraction of sp³-hybridized carbons (Fsp3) is 0.214. The smallest absolute Gasteiger partial charge is 0.161 e. The summed E-state index contributed by atoms with van der Waals surface area (Å²) < 4.78 is 10.4. The Morgan fingerprint density at radius 2 is 1.79 bits per heavy atom. The molecule has 1 heterocycles. The number of methoxy groups -OCH3 is 2. The highest BCUT2D eigenvalue weighted by Gasteiger charge is 2.09. The Bertz CT molecular complexity index is 648. The third-order valence-corrected chi connectivity index (χ3v) is 2.63. The lowest BCUT2D eigenvalue weighted by molar-refractivity contribution is 0.355. The van der Waals surface area contributed by atoms with Crippen LogP contribution in [0.4, 0.5) is 0 Å². The number of nitrogens with zero attached hydrogens (tertiary/aromatic N) is 3. The lowest BCUT2D eigenvalue weighted by Crippen LogP contribution is -1.96. The number of nitriles is 1. The van der Waals surface area contributed by atoms with Crippen molar-refractivity contribution in [3.05, 3.63) is 35.8 Å².